The largest absolute Gasteiger partial charge is 0.491 e. The van der Waals surface area contributed by atoms with Gasteiger partial charge in [-0.05, 0) is 36.6 Å². The van der Waals surface area contributed by atoms with Crippen LogP contribution in [-0.4, -0.2) is 68.1 Å². The van der Waals surface area contributed by atoms with Gasteiger partial charge in [-0.25, -0.2) is 10.1 Å². The second-order valence-corrected chi connectivity index (χ2v) is 11.0. The van der Waals surface area contributed by atoms with Gasteiger partial charge in [0.15, 0.2) is 0 Å². The van der Waals surface area contributed by atoms with Crippen LogP contribution in [-0.2, 0) is 14.3 Å². The van der Waals surface area contributed by atoms with Crippen molar-refractivity contribution < 1.29 is 19.0 Å². The van der Waals surface area contributed by atoms with Gasteiger partial charge >= 0.3 is 0 Å². The van der Waals surface area contributed by atoms with Gasteiger partial charge < -0.3 is 19.5 Å². The fraction of sp³-hybridized carbons (Fsp3) is 0.692. The molecule has 1 aliphatic rings. The van der Waals surface area contributed by atoms with Gasteiger partial charge in [-0.3, -0.25) is 4.79 Å². The molecule has 1 aromatic carbocycles. The lowest BCUT2D eigenvalue weighted by Crippen LogP contribution is -2.41. The first-order valence-corrected chi connectivity index (χ1v) is 13.9. The van der Waals surface area contributed by atoms with Crippen molar-refractivity contribution in [3.8, 4) is 5.75 Å². The quantitative estimate of drug-likeness (QED) is 0.274. The number of nitrogens with zero attached hydrogens (tertiary/aromatic N) is 3. The zero-order chi connectivity index (χ0) is 26.2. The van der Waals surface area contributed by atoms with Crippen molar-refractivity contribution in [2.24, 2.45) is 11.0 Å². The molecule has 0 unspecified atom stereocenters. The highest BCUT2D eigenvalue weighted by atomic mass is 32.2. The number of thioether (sulfide) groups is 1. The summed E-state index contributed by atoms with van der Waals surface area (Å²) in [4.78, 5) is 11.8. The number of rotatable bonds is 18. The zero-order valence-electron chi connectivity index (χ0n) is 22.6. The predicted molar refractivity (Wildman–Crippen MR) is 148 cm³/mol. The standard InChI is InChI=1S/C26H45N5O4S/c1-21(2)10-8-6-7-9-15-27-25(32)20-34-17-16-33-18-19-35-24-13-11-23(12-14-24)31-26(36-22(3)4)28-30(5)29-31/h11-14,21-22,29H,6-10,15-20H2,1-5H3,(H,27,32). The molecule has 0 radical (unpaired) electrons. The number of ether oxygens (including phenoxy) is 3. The Morgan fingerprint density at radius 3 is 2.42 bits per heavy atom. The lowest BCUT2D eigenvalue weighted by Gasteiger charge is -2.21. The van der Waals surface area contributed by atoms with E-state index >= 15 is 0 Å². The third-order valence-electron chi connectivity index (χ3n) is 5.24. The van der Waals surface area contributed by atoms with Gasteiger partial charge in [-0.15, -0.1) is 10.6 Å². The summed E-state index contributed by atoms with van der Waals surface area (Å²) in [6.07, 6.45) is 5.97. The number of hydrazone groups is 1. The van der Waals surface area contributed by atoms with Crippen molar-refractivity contribution in [3.63, 3.8) is 0 Å². The maximum Gasteiger partial charge on any atom is 0.245 e. The van der Waals surface area contributed by atoms with Crippen molar-refractivity contribution in [3.05, 3.63) is 24.3 Å². The molecule has 1 heterocycles. The van der Waals surface area contributed by atoms with Gasteiger partial charge in [-0.1, -0.05) is 65.1 Å². The van der Waals surface area contributed by atoms with Gasteiger partial charge in [0.1, 0.15) is 19.0 Å². The summed E-state index contributed by atoms with van der Waals surface area (Å²) in [5.41, 5.74) is 4.18. The average molecular weight is 524 g/mol. The van der Waals surface area contributed by atoms with Crippen LogP contribution >= 0.6 is 11.8 Å². The van der Waals surface area contributed by atoms with Crippen LogP contribution in [0, 0.1) is 5.92 Å². The highest BCUT2D eigenvalue weighted by Crippen LogP contribution is 2.26. The summed E-state index contributed by atoms with van der Waals surface area (Å²) in [5.74, 6) is 1.48. The number of carbonyl (C=O) groups excluding carboxylic acids is 1. The molecule has 10 heteroatoms. The Balaban J connectivity index is 1.47. The summed E-state index contributed by atoms with van der Waals surface area (Å²) in [6, 6.07) is 7.84. The molecule has 1 amide bonds. The van der Waals surface area contributed by atoms with E-state index in [1.165, 1.54) is 19.3 Å². The number of amides is 1. The van der Waals surface area contributed by atoms with E-state index in [0.717, 1.165) is 41.9 Å². The van der Waals surface area contributed by atoms with Crippen molar-refractivity contribution in [2.45, 2.75) is 65.0 Å². The number of amidine groups is 1. The normalized spacial score (nSPS) is 13.6. The Bertz CT molecular complexity index is 776. The molecule has 36 heavy (non-hydrogen) atoms. The maximum absolute atomic E-state index is 11.8. The maximum atomic E-state index is 11.8. The number of carbonyl (C=O) groups is 1. The van der Waals surface area contributed by atoms with E-state index in [1.807, 2.05) is 36.3 Å². The van der Waals surface area contributed by atoms with Crippen molar-refractivity contribution in [2.75, 3.05) is 51.6 Å². The second-order valence-electron chi connectivity index (χ2n) is 9.46. The van der Waals surface area contributed by atoms with Crippen LogP contribution in [0.1, 0.15) is 59.8 Å². The molecule has 1 aromatic rings. The molecule has 0 fully saturated rings. The van der Waals surface area contributed by atoms with E-state index in [0.29, 0.717) is 31.7 Å². The SMILES string of the molecule is CC(C)CCCCCCNC(=O)COCCOCCOc1ccc(N2NN(C)N=C2SC(C)C)cc1. The molecule has 0 saturated heterocycles. The van der Waals surface area contributed by atoms with Crippen LogP contribution in [0.25, 0.3) is 0 Å². The molecule has 2 rings (SSSR count). The van der Waals surface area contributed by atoms with Gasteiger partial charge in [0.25, 0.3) is 0 Å². The highest BCUT2D eigenvalue weighted by Gasteiger charge is 2.23. The van der Waals surface area contributed by atoms with E-state index in [2.05, 4.69) is 43.6 Å². The lowest BCUT2D eigenvalue weighted by molar-refractivity contribution is -0.126. The number of unbranched alkanes of at least 4 members (excludes halogenated alkanes) is 3. The number of hydrazine groups is 2. The minimum absolute atomic E-state index is 0.0686. The van der Waals surface area contributed by atoms with E-state index < -0.39 is 0 Å². The third-order valence-corrected chi connectivity index (χ3v) is 6.19. The first kappa shape index (κ1) is 30.2. The Labute approximate surface area is 221 Å². The summed E-state index contributed by atoms with van der Waals surface area (Å²) in [7, 11) is 1.87. The molecule has 9 nitrogen and oxygen atoms in total. The Kier molecular flexibility index (Phi) is 14.6. The number of hydrogen-bond donors (Lipinski definition) is 2. The molecule has 1 aliphatic heterocycles. The third kappa shape index (κ3) is 12.8. The smallest absolute Gasteiger partial charge is 0.245 e. The highest BCUT2D eigenvalue weighted by molar-refractivity contribution is 8.14. The predicted octanol–water partition coefficient (Wildman–Crippen LogP) is 4.41. The monoisotopic (exact) mass is 523 g/mol. The number of benzene rings is 1. The van der Waals surface area contributed by atoms with Crippen LogP contribution in [0.3, 0.4) is 0 Å². The van der Waals surface area contributed by atoms with Gasteiger partial charge in [0.2, 0.25) is 11.1 Å². The van der Waals surface area contributed by atoms with Crippen LogP contribution in [0.5, 0.6) is 5.75 Å². The summed E-state index contributed by atoms with van der Waals surface area (Å²) >= 11 is 1.70. The first-order chi connectivity index (χ1) is 17.3. The Morgan fingerprint density at radius 2 is 1.69 bits per heavy atom. The fourth-order valence-electron chi connectivity index (χ4n) is 3.44. The molecule has 0 aromatic heterocycles. The molecular formula is C26H45N5O4S. The van der Waals surface area contributed by atoms with E-state index in [4.69, 9.17) is 14.2 Å². The fourth-order valence-corrected chi connectivity index (χ4v) is 4.29. The Hall–Kier alpha value is -2.01. The summed E-state index contributed by atoms with van der Waals surface area (Å²) < 4.78 is 16.7. The topological polar surface area (TPSA) is 87.7 Å². The van der Waals surface area contributed by atoms with E-state index in [1.54, 1.807) is 16.9 Å². The average Bonchev–Trinajstić information content (AvgIpc) is 3.19. The zero-order valence-corrected chi connectivity index (χ0v) is 23.4. The van der Waals surface area contributed by atoms with Crippen LogP contribution < -0.4 is 20.6 Å². The van der Waals surface area contributed by atoms with Crippen molar-refractivity contribution in [1.29, 1.82) is 0 Å². The molecule has 204 valence electrons. The Morgan fingerprint density at radius 1 is 1.00 bits per heavy atom. The van der Waals surface area contributed by atoms with Crippen LogP contribution in [0.2, 0.25) is 0 Å². The van der Waals surface area contributed by atoms with Crippen molar-refractivity contribution in [1.82, 2.24) is 16.0 Å². The first-order valence-electron chi connectivity index (χ1n) is 13.1. The summed E-state index contributed by atoms with van der Waals surface area (Å²) in [5, 5.41) is 12.4. The lowest BCUT2D eigenvalue weighted by atomic mass is 10.0. The molecule has 0 bridgehead atoms. The molecular weight excluding hydrogens is 478 g/mol. The van der Waals surface area contributed by atoms with Gasteiger partial charge in [0, 0.05) is 18.8 Å². The second kappa shape index (κ2) is 17.4. The number of hydrogen-bond acceptors (Lipinski definition) is 9. The molecule has 0 aliphatic carbocycles. The van der Waals surface area contributed by atoms with E-state index in [-0.39, 0.29) is 12.5 Å². The van der Waals surface area contributed by atoms with Crippen LogP contribution in [0.4, 0.5) is 5.69 Å². The molecule has 2 N–H and O–H groups in total. The van der Waals surface area contributed by atoms with Gasteiger partial charge in [0.05, 0.1) is 25.5 Å². The van der Waals surface area contributed by atoms with Gasteiger partial charge in [-0.2, -0.15) is 0 Å². The number of nitrogens with one attached hydrogen (secondary N) is 2. The summed E-state index contributed by atoms with van der Waals surface area (Å²) in [6.45, 7) is 11.3. The minimum atomic E-state index is -0.0686. The van der Waals surface area contributed by atoms with E-state index in [9.17, 15) is 4.79 Å². The molecule has 0 spiro atoms. The minimum Gasteiger partial charge on any atom is -0.491 e. The van der Waals surface area contributed by atoms with Crippen LogP contribution in [0.15, 0.2) is 29.4 Å². The molecule has 0 atom stereocenters. The number of anilines is 1. The van der Waals surface area contributed by atoms with Crippen molar-refractivity contribution >= 4 is 28.5 Å². The molecule has 0 saturated carbocycles.